The lowest BCUT2D eigenvalue weighted by molar-refractivity contribution is 0.336. The molecule has 0 spiro atoms. The van der Waals surface area contributed by atoms with Crippen LogP contribution in [0.2, 0.25) is 6.04 Å². The van der Waals surface area contributed by atoms with E-state index in [1.807, 2.05) is 6.08 Å². The van der Waals surface area contributed by atoms with Gasteiger partial charge in [0, 0.05) is 6.61 Å². The Morgan fingerprint density at radius 2 is 2.29 bits per heavy atom. The Morgan fingerprint density at radius 1 is 1.43 bits per heavy atom. The largest absolute Gasteiger partial charge is 0.427 e. The van der Waals surface area contributed by atoms with Crippen LogP contribution in [0.1, 0.15) is 12.0 Å². The highest BCUT2D eigenvalue weighted by Gasteiger charge is 2.19. The van der Waals surface area contributed by atoms with Gasteiger partial charge in [0.25, 0.3) is 0 Å². The summed E-state index contributed by atoms with van der Waals surface area (Å²) in [6, 6.07) is 10.2. The van der Waals surface area contributed by atoms with Crippen molar-refractivity contribution in [3.05, 3.63) is 36.4 Å². The Balaban J connectivity index is 2.24. The predicted octanol–water partition coefficient (Wildman–Crippen LogP) is 0.764. The standard InChI is InChI=1S/C11H16OSi2/c1-2-10-6-3-4-7-11(10)14-9-5-8-12-13-14/h2-4,6-7,14H,1,5,8-9,13H2. The molecule has 1 fully saturated rings. The molecule has 0 radical (unpaired) electrons. The van der Waals surface area contributed by atoms with E-state index >= 15 is 0 Å². The minimum atomic E-state index is -0.696. The molecular weight excluding hydrogens is 204 g/mol. The molecule has 1 unspecified atom stereocenters. The van der Waals surface area contributed by atoms with Gasteiger partial charge in [-0.2, -0.15) is 0 Å². The zero-order valence-electron chi connectivity index (χ0n) is 8.41. The predicted molar refractivity (Wildman–Crippen MR) is 67.2 cm³/mol. The van der Waals surface area contributed by atoms with Crippen molar-refractivity contribution in [2.75, 3.05) is 6.61 Å². The Kier molecular flexibility index (Phi) is 3.34. The van der Waals surface area contributed by atoms with Crippen molar-refractivity contribution in [2.24, 2.45) is 0 Å². The van der Waals surface area contributed by atoms with Crippen LogP contribution < -0.4 is 5.19 Å². The smallest absolute Gasteiger partial charge is 0.152 e. The normalized spacial score (nSPS) is 23.6. The second-order valence-electron chi connectivity index (χ2n) is 3.75. The van der Waals surface area contributed by atoms with Crippen molar-refractivity contribution in [1.29, 1.82) is 0 Å². The third kappa shape index (κ3) is 2.05. The summed E-state index contributed by atoms with van der Waals surface area (Å²) in [5.41, 5.74) is 1.35. The van der Waals surface area contributed by atoms with Crippen molar-refractivity contribution in [2.45, 2.75) is 12.5 Å². The fourth-order valence-electron chi connectivity index (χ4n) is 2.05. The minimum Gasteiger partial charge on any atom is -0.427 e. The van der Waals surface area contributed by atoms with Crippen LogP contribution in [0.3, 0.4) is 0 Å². The van der Waals surface area contributed by atoms with Gasteiger partial charge in [-0.15, -0.1) is 0 Å². The highest BCUT2D eigenvalue weighted by Crippen LogP contribution is 2.08. The molecular formula is C11H16OSi2. The molecule has 14 heavy (non-hydrogen) atoms. The monoisotopic (exact) mass is 220 g/mol. The van der Waals surface area contributed by atoms with E-state index < -0.39 is 8.31 Å². The van der Waals surface area contributed by atoms with E-state index in [0.29, 0.717) is 0 Å². The van der Waals surface area contributed by atoms with E-state index in [9.17, 15) is 0 Å². The SMILES string of the molecule is C=Cc1ccccc1[SiH]1CCCO[SiH2]1. The first-order valence-corrected chi connectivity index (χ1v) is 10.4. The summed E-state index contributed by atoms with van der Waals surface area (Å²) >= 11 is 0. The van der Waals surface area contributed by atoms with Gasteiger partial charge in [0.05, 0.1) is 8.31 Å². The zero-order valence-corrected chi connectivity index (χ0v) is 11.0. The second-order valence-corrected chi connectivity index (χ2v) is 11.0. The molecule has 0 bridgehead atoms. The van der Waals surface area contributed by atoms with Crippen molar-refractivity contribution < 1.29 is 4.43 Å². The highest BCUT2D eigenvalue weighted by molar-refractivity contribution is 7.17. The molecule has 74 valence electrons. The number of rotatable bonds is 2. The van der Waals surface area contributed by atoms with Gasteiger partial charge in [-0.05, 0) is 12.0 Å². The third-order valence-corrected chi connectivity index (χ3v) is 10.7. The van der Waals surface area contributed by atoms with Crippen molar-refractivity contribution >= 4 is 28.9 Å². The first-order valence-electron chi connectivity index (χ1n) is 5.21. The lowest BCUT2D eigenvalue weighted by atomic mass is 10.2. The van der Waals surface area contributed by atoms with Gasteiger partial charge in [-0.25, -0.2) is 0 Å². The van der Waals surface area contributed by atoms with Crippen LogP contribution in [0.25, 0.3) is 6.08 Å². The van der Waals surface area contributed by atoms with Crippen LogP contribution >= 0.6 is 0 Å². The van der Waals surface area contributed by atoms with E-state index in [-0.39, 0.29) is 9.28 Å². The fraction of sp³-hybridized carbons (Fsp3) is 0.273. The van der Waals surface area contributed by atoms with Gasteiger partial charge in [0.2, 0.25) is 0 Å². The summed E-state index contributed by atoms with van der Waals surface area (Å²) < 4.78 is 5.70. The number of hydrogen-bond acceptors (Lipinski definition) is 1. The van der Waals surface area contributed by atoms with Crippen LogP contribution in [-0.2, 0) is 4.43 Å². The average molecular weight is 220 g/mol. The molecule has 0 N–H and O–H groups in total. The Bertz CT molecular complexity index is 319. The summed E-state index contributed by atoms with van der Waals surface area (Å²) in [5, 5.41) is 1.59. The molecule has 0 saturated carbocycles. The van der Waals surface area contributed by atoms with Crippen LogP contribution in [-0.4, -0.2) is 24.2 Å². The molecule has 1 aliphatic heterocycles. The van der Waals surface area contributed by atoms with Gasteiger partial charge in [-0.1, -0.05) is 48.2 Å². The zero-order chi connectivity index (χ0) is 9.80. The summed E-state index contributed by atoms with van der Waals surface area (Å²) in [5.74, 6) is 0. The van der Waals surface area contributed by atoms with Gasteiger partial charge >= 0.3 is 0 Å². The molecule has 1 nitrogen and oxygen atoms in total. The van der Waals surface area contributed by atoms with E-state index in [4.69, 9.17) is 4.43 Å². The van der Waals surface area contributed by atoms with Gasteiger partial charge in [0.1, 0.15) is 0 Å². The van der Waals surface area contributed by atoms with Crippen molar-refractivity contribution in [3.8, 4) is 0 Å². The molecule has 1 heterocycles. The van der Waals surface area contributed by atoms with E-state index in [0.717, 1.165) is 6.61 Å². The van der Waals surface area contributed by atoms with Crippen LogP contribution in [0, 0.1) is 0 Å². The van der Waals surface area contributed by atoms with E-state index in [1.54, 1.807) is 5.19 Å². The Labute approximate surface area is 89.1 Å². The Hall–Kier alpha value is -0.646. The number of benzene rings is 1. The topological polar surface area (TPSA) is 9.23 Å². The molecule has 1 aliphatic rings. The third-order valence-electron chi connectivity index (χ3n) is 2.82. The lowest BCUT2D eigenvalue weighted by Gasteiger charge is -2.22. The molecule has 0 amide bonds. The quantitative estimate of drug-likeness (QED) is 0.669. The molecule has 0 aliphatic carbocycles. The van der Waals surface area contributed by atoms with Crippen molar-refractivity contribution in [1.82, 2.24) is 0 Å². The van der Waals surface area contributed by atoms with Gasteiger partial charge in [-0.3, -0.25) is 0 Å². The molecule has 2 rings (SSSR count). The van der Waals surface area contributed by atoms with Gasteiger partial charge in [0.15, 0.2) is 9.28 Å². The first kappa shape index (κ1) is 9.89. The summed E-state index contributed by atoms with van der Waals surface area (Å²) in [6.07, 6.45) is 3.26. The highest BCUT2D eigenvalue weighted by atomic mass is 29.2. The van der Waals surface area contributed by atoms with Crippen molar-refractivity contribution in [3.63, 3.8) is 0 Å². The summed E-state index contributed by atoms with van der Waals surface area (Å²) in [7, 11) is -0.911. The fourth-order valence-corrected chi connectivity index (χ4v) is 9.47. The first-order chi connectivity index (χ1) is 6.92. The minimum absolute atomic E-state index is 0.215. The maximum atomic E-state index is 5.70. The van der Waals surface area contributed by atoms with Crippen LogP contribution in [0.5, 0.6) is 0 Å². The second kappa shape index (κ2) is 4.73. The molecule has 1 aromatic rings. The maximum Gasteiger partial charge on any atom is 0.152 e. The average Bonchev–Trinajstić information content (AvgIpc) is 2.30. The molecule has 1 aromatic carbocycles. The van der Waals surface area contributed by atoms with Crippen LogP contribution in [0.15, 0.2) is 30.8 Å². The lowest BCUT2D eigenvalue weighted by Crippen LogP contribution is -2.42. The van der Waals surface area contributed by atoms with Gasteiger partial charge < -0.3 is 4.43 Å². The molecule has 1 saturated heterocycles. The maximum absolute atomic E-state index is 5.70. The molecule has 0 aromatic heterocycles. The molecule has 1 atom stereocenters. The number of hydrogen-bond donors (Lipinski definition) is 0. The van der Waals surface area contributed by atoms with Crippen LogP contribution in [0.4, 0.5) is 0 Å². The Morgan fingerprint density at radius 3 is 3.00 bits per heavy atom. The molecule has 3 heteroatoms. The summed E-state index contributed by atoms with van der Waals surface area (Å²) in [4.78, 5) is 0. The van der Waals surface area contributed by atoms with E-state index in [1.165, 1.54) is 18.0 Å². The van der Waals surface area contributed by atoms with E-state index in [2.05, 4.69) is 30.8 Å². The summed E-state index contributed by atoms with van der Waals surface area (Å²) in [6.45, 7) is 4.90.